The number of hydrogen-bond donors (Lipinski definition) is 0. The Hall–Kier alpha value is -6.26. The van der Waals surface area contributed by atoms with Crippen LogP contribution < -0.4 is 0 Å². The van der Waals surface area contributed by atoms with Gasteiger partial charge in [-0.3, -0.25) is 8.97 Å². The third-order valence-corrected chi connectivity index (χ3v) is 10.9. The van der Waals surface area contributed by atoms with Gasteiger partial charge >= 0.3 is 0 Å². The Labute approximate surface area is 282 Å². The monoisotopic (exact) mass is 626 g/mol. The van der Waals surface area contributed by atoms with Gasteiger partial charge in [-0.15, -0.1) is 0 Å². The van der Waals surface area contributed by atoms with E-state index >= 15 is 0 Å². The van der Waals surface area contributed by atoms with Gasteiger partial charge in [0, 0.05) is 33.2 Å². The second-order valence-corrected chi connectivity index (χ2v) is 13.9. The molecule has 1 aliphatic rings. The van der Waals surface area contributed by atoms with Crippen LogP contribution in [0.5, 0.6) is 0 Å². The highest BCUT2D eigenvalue weighted by molar-refractivity contribution is 6.20. The first-order valence-corrected chi connectivity index (χ1v) is 16.9. The van der Waals surface area contributed by atoms with Gasteiger partial charge < -0.3 is 0 Å². The maximum absolute atomic E-state index is 5.13. The molecule has 0 spiro atoms. The summed E-state index contributed by atoms with van der Waals surface area (Å²) in [5, 5.41) is 6.00. The lowest BCUT2D eigenvalue weighted by atomic mass is 9.82. The first-order chi connectivity index (χ1) is 24.1. The molecular formula is C45H30N4. The van der Waals surface area contributed by atoms with Crippen LogP contribution in [0.3, 0.4) is 0 Å². The highest BCUT2D eigenvalue weighted by Crippen LogP contribution is 2.49. The van der Waals surface area contributed by atoms with E-state index in [0.717, 1.165) is 50.0 Å². The zero-order valence-corrected chi connectivity index (χ0v) is 27.1. The molecule has 1 aliphatic carbocycles. The van der Waals surface area contributed by atoms with Crippen LogP contribution in [0.1, 0.15) is 25.0 Å². The number of pyridine rings is 2. The standard InChI is InChI=1S/C45H30N4/c1-45(2)36-15-7-5-12-30(36)33-23-27(19-20-37(33)45)28-21-22-46-43(24-28)48-39-17-9-6-13-31(39)35-25-34-29-11-3-4-14-32(29)44-47-38-16-8-10-18-40(38)49(44)42(34)26-41(35)48/h3-26H,1-2H3. The van der Waals surface area contributed by atoms with Crippen molar-refractivity contribution in [3.63, 3.8) is 0 Å². The summed E-state index contributed by atoms with van der Waals surface area (Å²) < 4.78 is 4.67. The lowest BCUT2D eigenvalue weighted by Gasteiger charge is -2.21. The lowest BCUT2D eigenvalue weighted by molar-refractivity contribution is 0.660. The fraction of sp³-hybridized carbons (Fsp3) is 0.0667. The lowest BCUT2D eigenvalue weighted by Crippen LogP contribution is -2.14. The predicted molar refractivity (Wildman–Crippen MR) is 203 cm³/mol. The maximum atomic E-state index is 5.13. The Morgan fingerprint density at radius 3 is 2.08 bits per heavy atom. The van der Waals surface area contributed by atoms with Gasteiger partial charge in [0.05, 0.1) is 27.6 Å². The molecule has 0 amide bonds. The second kappa shape index (κ2) is 9.42. The Morgan fingerprint density at radius 2 is 1.18 bits per heavy atom. The molecule has 0 saturated heterocycles. The Kier molecular flexibility index (Phi) is 5.15. The molecular weight excluding hydrogens is 597 g/mol. The van der Waals surface area contributed by atoms with E-state index in [0.29, 0.717) is 0 Å². The van der Waals surface area contributed by atoms with Crippen molar-refractivity contribution in [2.24, 2.45) is 0 Å². The molecule has 4 aromatic heterocycles. The van der Waals surface area contributed by atoms with Crippen LogP contribution in [0.15, 0.2) is 146 Å². The Morgan fingerprint density at radius 1 is 0.490 bits per heavy atom. The van der Waals surface area contributed by atoms with E-state index in [1.54, 1.807) is 0 Å². The van der Waals surface area contributed by atoms with E-state index in [9.17, 15) is 0 Å². The van der Waals surface area contributed by atoms with Crippen LogP contribution >= 0.6 is 0 Å². The molecule has 0 fully saturated rings. The largest absolute Gasteiger partial charge is 0.294 e. The van der Waals surface area contributed by atoms with Crippen LogP contribution in [0.4, 0.5) is 0 Å². The summed E-state index contributed by atoms with van der Waals surface area (Å²) in [4.78, 5) is 10.1. The first kappa shape index (κ1) is 26.8. The molecule has 4 heterocycles. The topological polar surface area (TPSA) is 35.1 Å². The fourth-order valence-electron chi connectivity index (χ4n) is 8.64. The van der Waals surface area contributed by atoms with Crippen molar-refractivity contribution >= 4 is 60.2 Å². The van der Waals surface area contributed by atoms with E-state index in [1.165, 1.54) is 49.4 Å². The molecule has 0 unspecified atom stereocenters. The summed E-state index contributed by atoms with van der Waals surface area (Å²) in [7, 11) is 0. The number of para-hydroxylation sites is 3. The second-order valence-electron chi connectivity index (χ2n) is 13.9. The van der Waals surface area contributed by atoms with Crippen molar-refractivity contribution in [1.29, 1.82) is 0 Å². The summed E-state index contributed by atoms with van der Waals surface area (Å²) in [5.74, 6) is 0.900. The smallest absolute Gasteiger partial charge is 0.146 e. The number of fused-ring (bicyclic) bond motifs is 14. The minimum atomic E-state index is -0.0170. The van der Waals surface area contributed by atoms with Crippen LogP contribution in [-0.2, 0) is 5.41 Å². The van der Waals surface area contributed by atoms with Gasteiger partial charge in [-0.25, -0.2) is 9.97 Å². The molecule has 0 radical (unpaired) electrons. The van der Waals surface area contributed by atoms with Crippen molar-refractivity contribution in [2.75, 3.05) is 0 Å². The van der Waals surface area contributed by atoms with E-state index in [4.69, 9.17) is 9.97 Å². The van der Waals surface area contributed by atoms with Gasteiger partial charge in [-0.2, -0.15) is 0 Å². The maximum Gasteiger partial charge on any atom is 0.146 e. The molecule has 0 saturated carbocycles. The quantitative estimate of drug-likeness (QED) is 0.179. The zero-order valence-electron chi connectivity index (χ0n) is 27.1. The van der Waals surface area contributed by atoms with Crippen LogP contribution in [0, 0.1) is 0 Å². The summed E-state index contributed by atoms with van der Waals surface area (Å²) in [6.45, 7) is 4.66. The minimum Gasteiger partial charge on any atom is -0.294 e. The van der Waals surface area contributed by atoms with E-state index < -0.39 is 0 Å². The van der Waals surface area contributed by atoms with Crippen molar-refractivity contribution in [3.8, 4) is 28.1 Å². The average Bonchev–Trinajstić information content (AvgIpc) is 3.77. The zero-order chi connectivity index (χ0) is 32.4. The number of rotatable bonds is 2. The summed E-state index contributed by atoms with van der Waals surface area (Å²) in [6.07, 6.45) is 1.95. The Bertz CT molecular complexity index is 3030. The number of imidazole rings is 1. The summed E-state index contributed by atoms with van der Waals surface area (Å²) >= 11 is 0. The van der Waals surface area contributed by atoms with Crippen LogP contribution in [0.2, 0.25) is 0 Å². The van der Waals surface area contributed by atoms with Crippen molar-refractivity contribution in [2.45, 2.75) is 19.3 Å². The molecule has 10 aromatic rings. The summed E-state index contributed by atoms with van der Waals surface area (Å²) in [5.41, 5.74) is 14.2. The molecule has 230 valence electrons. The number of hydrogen-bond acceptors (Lipinski definition) is 2. The first-order valence-electron chi connectivity index (χ1n) is 16.9. The summed E-state index contributed by atoms with van der Waals surface area (Å²) in [6, 6.07) is 50.7. The number of benzene rings is 6. The average molecular weight is 627 g/mol. The SMILES string of the molecule is CC1(C)c2ccccc2-c2cc(-c3ccnc(-n4c5ccccc5c5cc6c7ccccc7c7nc8ccccc8n7c6cc54)c3)ccc21. The minimum absolute atomic E-state index is 0.0170. The molecule has 0 N–H and O–H groups in total. The number of nitrogens with zero attached hydrogens (tertiary/aromatic N) is 4. The van der Waals surface area contributed by atoms with E-state index in [-0.39, 0.29) is 5.41 Å². The van der Waals surface area contributed by atoms with Gasteiger partial charge in [-0.1, -0.05) is 105 Å². The molecule has 6 aromatic carbocycles. The van der Waals surface area contributed by atoms with Crippen LogP contribution in [0.25, 0.3) is 88.2 Å². The van der Waals surface area contributed by atoms with Gasteiger partial charge in [0.1, 0.15) is 11.5 Å². The molecule has 0 atom stereocenters. The predicted octanol–water partition coefficient (Wildman–Crippen LogP) is 11.3. The van der Waals surface area contributed by atoms with Gasteiger partial charge in [0.15, 0.2) is 0 Å². The molecule has 0 bridgehead atoms. The highest BCUT2D eigenvalue weighted by Gasteiger charge is 2.35. The molecule has 0 aliphatic heterocycles. The van der Waals surface area contributed by atoms with Gasteiger partial charge in [0.25, 0.3) is 0 Å². The molecule has 4 nitrogen and oxygen atoms in total. The normalized spacial score (nSPS) is 13.7. The van der Waals surface area contributed by atoms with Crippen molar-refractivity contribution < 1.29 is 0 Å². The molecule has 49 heavy (non-hydrogen) atoms. The van der Waals surface area contributed by atoms with Crippen molar-refractivity contribution in [1.82, 2.24) is 18.9 Å². The van der Waals surface area contributed by atoms with Crippen LogP contribution in [-0.4, -0.2) is 18.9 Å². The third kappa shape index (κ3) is 3.53. The fourth-order valence-corrected chi connectivity index (χ4v) is 8.64. The van der Waals surface area contributed by atoms with Gasteiger partial charge in [-0.05, 0) is 87.3 Å². The molecule has 4 heteroatoms. The Balaban J connectivity index is 1.19. The van der Waals surface area contributed by atoms with E-state index in [1.807, 2.05) is 6.20 Å². The molecule has 11 rings (SSSR count). The highest BCUT2D eigenvalue weighted by atomic mass is 15.1. The van der Waals surface area contributed by atoms with Gasteiger partial charge in [0.2, 0.25) is 0 Å². The number of aromatic nitrogens is 4. The third-order valence-electron chi connectivity index (χ3n) is 10.9. The van der Waals surface area contributed by atoms with Crippen molar-refractivity contribution in [3.05, 3.63) is 157 Å². The van der Waals surface area contributed by atoms with E-state index in [2.05, 4.69) is 162 Å².